The Morgan fingerprint density at radius 2 is 1.66 bits per heavy atom. The largest absolute Gasteiger partial charge is 0.473 e. The zero-order valence-electron chi connectivity index (χ0n) is 20.3. The Balaban J connectivity index is 1.15. The van der Waals surface area contributed by atoms with Gasteiger partial charge < -0.3 is 19.7 Å². The molecular weight excluding hydrogens is 446 g/mol. The van der Waals surface area contributed by atoms with Gasteiger partial charge in [-0.05, 0) is 48.6 Å². The van der Waals surface area contributed by atoms with Crippen LogP contribution in [0.4, 0.5) is 0 Å². The van der Waals surface area contributed by atoms with Gasteiger partial charge in [0.1, 0.15) is 13.2 Å². The normalized spacial score (nSPS) is 22.6. The molecule has 0 spiro atoms. The molecule has 0 aromatic heterocycles. The summed E-state index contributed by atoms with van der Waals surface area (Å²) in [6.45, 7) is 8.96. The molecule has 1 aliphatic carbocycles. The molecule has 0 amide bonds. The Morgan fingerprint density at radius 1 is 0.971 bits per heavy atom. The molecule has 3 heterocycles. The van der Waals surface area contributed by atoms with Crippen molar-refractivity contribution in [3.63, 3.8) is 0 Å². The Morgan fingerprint density at radius 3 is 2.37 bits per heavy atom. The van der Waals surface area contributed by atoms with Gasteiger partial charge in [-0.25, -0.2) is 4.79 Å². The number of aliphatic hydroxyl groups is 2. The van der Waals surface area contributed by atoms with Crippen LogP contribution >= 0.6 is 0 Å². The maximum absolute atomic E-state index is 11.8. The van der Waals surface area contributed by atoms with Crippen molar-refractivity contribution in [2.24, 2.45) is 0 Å². The number of ether oxygens (including phenoxy) is 2. The van der Waals surface area contributed by atoms with E-state index in [9.17, 15) is 15.0 Å². The van der Waals surface area contributed by atoms with Gasteiger partial charge in [-0.1, -0.05) is 18.2 Å². The zero-order chi connectivity index (χ0) is 24.7. The lowest BCUT2D eigenvalue weighted by molar-refractivity contribution is 0.0534. The van der Waals surface area contributed by atoms with Crippen LogP contribution in [0.5, 0.6) is 0 Å². The quantitative estimate of drug-likeness (QED) is 0.538. The molecular formula is C27H33N3O5. The summed E-state index contributed by atoms with van der Waals surface area (Å²) < 4.78 is 10.5. The summed E-state index contributed by atoms with van der Waals surface area (Å²) in [7, 11) is 0. The fourth-order valence-corrected chi connectivity index (χ4v) is 5.55. The highest BCUT2D eigenvalue weighted by molar-refractivity contribution is 5.99. The highest BCUT2D eigenvalue weighted by atomic mass is 16.5. The summed E-state index contributed by atoms with van der Waals surface area (Å²) in [6, 6.07) is 3.60. The number of allylic oxidation sites excluding steroid dienone is 2. The summed E-state index contributed by atoms with van der Waals surface area (Å²) >= 11 is 0. The fourth-order valence-electron chi connectivity index (χ4n) is 5.55. The second-order valence-electron chi connectivity index (χ2n) is 9.75. The van der Waals surface area contributed by atoms with Crippen molar-refractivity contribution in [2.75, 3.05) is 45.9 Å². The van der Waals surface area contributed by atoms with Crippen molar-refractivity contribution in [1.29, 1.82) is 5.41 Å². The van der Waals surface area contributed by atoms with Crippen LogP contribution in [0, 0.1) is 12.3 Å². The van der Waals surface area contributed by atoms with Gasteiger partial charge >= 0.3 is 5.97 Å². The van der Waals surface area contributed by atoms with Gasteiger partial charge in [-0.2, -0.15) is 0 Å². The number of β-amino-alcohol motifs (C(OH)–C–C–N with tert-alkyl or cyclic N) is 2. The number of carbonyl (C=O) groups is 1. The molecule has 0 saturated carbocycles. The molecule has 3 aliphatic heterocycles. The third-order valence-corrected chi connectivity index (χ3v) is 7.73. The SMILES string of the molecule is CC1=C2COC(=N)C2=CCC=C1C(O)CN1CCN(CC(O)c2ccc3c(c2C)COC3=O)CC1. The average molecular weight is 480 g/mol. The number of aliphatic hydroxyl groups excluding tert-OH is 2. The summed E-state index contributed by atoms with van der Waals surface area (Å²) in [4.78, 5) is 16.3. The number of cyclic esters (lactones) is 1. The van der Waals surface area contributed by atoms with E-state index in [1.54, 1.807) is 6.07 Å². The average Bonchev–Trinajstić information content (AvgIpc) is 3.35. The highest BCUT2D eigenvalue weighted by Crippen LogP contribution is 2.33. The van der Waals surface area contributed by atoms with E-state index >= 15 is 0 Å². The minimum Gasteiger partial charge on any atom is -0.473 e. The lowest BCUT2D eigenvalue weighted by atomic mass is 9.95. The van der Waals surface area contributed by atoms with E-state index in [1.807, 2.05) is 26.0 Å². The number of rotatable bonds is 6. The summed E-state index contributed by atoms with van der Waals surface area (Å²) in [5.41, 5.74) is 7.07. The van der Waals surface area contributed by atoms with Crippen LogP contribution in [-0.2, 0) is 16.1 Å². The van der Waals surface area contributed by atoms with Crippen LogP contribution in [0.15, 0.2) is 46.6 Å². The maximum atomic E-state index is 11.8. The highest BCUT2D eigenvalue weighted by Gasteiger charge is 2.30. The molecule has 2 saturated heterocycles. The van der Waals surface area contributed by atoms with Gasteiger partial charge in [0.15, 0.2) is 0 Å². The van der Waals surface area contributed by atoms with Crippen LogP contribution in [0.3, 0.4) is 0 Å². The molecule has 0 bridgehead atoms. The predicted octanol–water partition coefficient (Wildman–Crippen LogP) is 2.26. The number of benzene rings is 1. The van der Waals surface area contributed by atoms with E-state index in [-0.39, 0.29) is 18.5 Å². The Hall–Kier alpha value is -2.78. The second kappa shape index (κ2) is 9.70. The molecule has 1 aromatic carbocycles. The first-order valence-electron chi connectivity index (χ1n) is 12.3. The van der Waals surface area contributed by atoms with E-state index in [4.69, 9.17) is 14.9 Å². The van der Waals surface area contributed by atoms with Crippen LogP contribution in [0.2, 0.25) is 0 Å². The van der Waals surface area contributed by atoms with Crippen molar-refractivity contribution in [3.05, 3.63) is 68.8 Å². The second-order valence-corrected chi connectivity index (χ2v) is 9.75. The molecule has 5 rings (SSSR count). The van der Waals surface area contributed by atoms with Gasteiger partial charge in [0.25, 0.3) is 0 Å². The molecule has 2 fully saturated rings. The van der Waals surface area contributed by atoms with E-state index in [0.717, 1.165) is 65.2 Å². The third kappa shape index (κ3) is 4.59. The molecule has 8 nitrogen and oxygen atoms in total. The Bertz CT molecular complexity index is 1140. The summed E-state index contributed by atoms with van der Waals surface area (Å²) in [6.07, 6.45) is 3.53. The molecule has 2 atom stereocenters. The number of fused-ring (bicyclic) bond motifs is 2. The molecule has 2 unspecified atom stereocenters. The number of carbonyl (C=O) groups excluding carboxylic acids is 1. The molecule has 3 N–H and O–H groups in total. The van der Waals surface area contributed by atoms with E-state index in [1.165, 1.54) is 0 Å². The van der Waals surface area contributed by atoms with Crippen molar-refractivity contribution in [3.8, 4) is 0 Å². The molecule has 8 heteroatoms. The van der Waals surface area contributed by atoms with Crippen LogP contribution in [-0.4, -0.2) is 83.9 Å². The number of piperazine rings is 1. The zero-order valence-corrected chi connectivity index (χ0v) is 20.3. The van der Waals surface area contributed by atoms with Gasteiger partial charge in [-0.15, -0.1) is 0 Å². The number of nitrogens with one attached hydrogen (secondary N) is 1. The topological polar surface area (TPSA) is 106 Å². The molecule has 1 aromatic rings. The van der Waals surface area contributed by atoms with E-state index < -0.39 is 12.2 Å². The van der Waals surface area contributed by atoms with E-state index in [0.29, 0.717) is 31.7 Å². The van der Waals surface area contributed by atoms with Gasteiger partial charge in [0.05, 0.1) is 17.8 Å². The maximum Gasteiger partial charge on any atom is 0.338 e. The van der Waals surface area contributed by atoms with Crippen molar-refractivity contribution >= 4 is 11.9 Å². The fraction of sp³-hybridized carbons (Fsp3) is 0.481. The minimum atomic E-state index is -0.632. The first-order chi connectivity index (χ1) is 16.8. The molecule has 4 aliphatic rings. The Kier molecular flexibility index (Phi) is 6.63. The van der Waals surface area contributed by atoms with Crippen LogP contribution in [0.25, 0.3) is 0 Å². The van der Waals surface area contributed by atoms with Crippen molar-refractivity contribution < 1.29 is 24.5 Å². The monoisotopic (exact) mass is 479 g/mol. The van der Waals surface area contributed by atoms with Crippen molar-refractivity contribution in [1.82, 2.24) is 9.80 Å². The first-order valence-corrected chi connectivity index (χ1v) is 12.3. The van der Waals surface area contributed by atoms with Crippen molar-refractivity contribution in [2.45, 2.75) is 39.1 Å². The molecule has 0 radical (unpaired) electrons. The van der Waals surface area contributed by atoms with Gasteiger partial charge in [0.2, 0.25) is 5.90 Å². The summed E-state index contributed by atoms with van der Waals surface area (Å²) in [5.74, 6) is -0.0695. The number of esters is 1. The smallest absolute Gasteiger partial charge is 0.338 e. The van der Waals surface area contributed by atoms with Crippen LogP contribution in [0.1, 0.15) is 46.5 Å². The lowest BCUT2D eigenvalue weighted by Gasteiger charge is -2.37. The molecule has 35 heavy (non-hydrogen) atoms. The number of hydrogen-bond acceptors (Lipinski definition) is 8. The van der Waals surface area contributed by atoms with Gasteiger partial charge in [0, 0.05) is 56.0 Å². The first kappa shape index (κ1) is 23.9. The minimum absolute atomic E-state index is 0.221. The standard InChI is InChI=1S/C27H33N3O5/c1-16-18(4-3-5-20-22(16)14-34-26(20)28)24(31)12-29-8-10-30(11-9-29)13-25(32)19-6-7-21-23(17(19)2)15-35-27(21)33/h4-7,24-25,28,31-32H,3,8-15H2,1-2H3. The third-order valence-electron chi connectivity index (χ3n) is 7.73. The van der Waals surface area contributed by atoms with E-state index in [2.05, 4.69) is 15.9 Å². The number of hydrogen-bond donors (Lipinski definition) is 3. The van der Waals surface area contributed by atoms with Crippen LogP contribution < -0.4 is 0 Å². The van der Waals surface area contributed by atoms with Gasteiger partial charge in [-0.3, -0.25) is 15.2 Å². The Labute approximate surface area is 205 Å². The number of nitrogens with zero attached hydrogens (tertiary/aromatic N) is 2. The summed E-state index contributed by atoms with van der Waals surface area (Å²) in [5, 5.41) is 29.9. The lowest BCUT2D eigenvalue weighted by Crippen LogP contribution is -2.49. The predicted molar refractivity (Wildman–Crippen MR) is 131 cm³/mol. The molecule has 186 valence electrons.